The Morgan fingerprint density at radius 3 is 2.60 bits per heavy atom. The van der Waals surface area contributed by atoms with E-state index in [2.05, 4.69) is 9.97 Å². The Kier molecular flexibility index (Phi) is 4.06. The largest absolute Gasteiger partial charge is 0.436 e. The molecular weight excluding hydrogens is 307 g/mol. The fourth-order valence-corrected chi connectivity index (χ4v) is 2.02. The van der Waals surface area contributed by atoms with Crippen LogP contribution in [0.1, 0.15) is 12.5 Å². The monoisotopic (exact) mass is 316 g/mol. The molecule has 8 heteroatoms. The lowest BCUT2D eigenvalue weighted by Crippen LogP contribution is -2.04. The van der Waals surface area contributed by atoms with Crippen molar-refractivity contribution in [2.75, 3.05) is 0 Å². The number of ether oxygens (including phenoxy) is 2. The van der Waals surface area contributed by atoms with E-state index in [1.807, 2.05) is 0 Å². The number of rotatable bonds is 3. The van der Waals surface area contributed by atoms with E-state index in [0.29, 0.717) is 5.56 Å². The van der Waals surface area contributed by atoms with Gasteiger partial charge >= 0.3 is 11.7 Å². The van der Waals surface area contributed by atoms with Gasteiger partial charge in [0, 0.05) is 18.6 Å². The van der Waals surface area contributed by atoms with Gasteiger partial charge in [-0.25, -0.2) is 4.79 Å². The third-order valence-corrected chi connectivity index (χ3v) is 3.15. The lowest BCUT2D eigenvalue weighted by molar-refractivity contribution is -0.131. The van der Waals surface area contributed by atoms with Gasteiger partial charge in [0.15, 0.2) is 5.75 Å². The minimum atomic E-state index is -0.483. The maximum Gasteiger partial charge on any atom is 0.325 e. The molecule has 1 heterocycles. The quantitative estimate of drug-likeness (QED) is 0.673. The van der Waals surface area contributed by atoms with Crippen LogP contribution in [0.5, 0.6) is 17.4 Å². The molecule has 0 radical (unpaired) electrons. The number of nitrogens with one attached hydrogen (secondary N) is 2. The molecule has 0 saturated heterocycles. The summed E-state index contributed by atoms with van der Waals surface area (Å²) in [5, 5.41) is 0.342. The van der Waals surface area contributed by atoms with Crippen LogP contribution in [0.2, 0.25) is 10.0 Å². The van der Waals surface area contributed by atoms with Gasteiger partial charge in [0.25, 0.3) is 0 Å². The van der Waals surface area contributed by atoms with Gasteiger partial charge in [0.1, 0.15) is 5.75 Å². The van der Waals surface area contributed by atoms with E-state index in [0.717, 1.165) is 0 Å². The number of halogens is 2. The molecule has 1 aromatic carbocycles. The van der Waals surface area contributed by atoms with Crippen molar-refractivity contribution in [3.63, 3.8) is 0 Å². The lowest BCUT2D eigenvalue weighted by Gasteiger charge is -2.13. The molecule has 1 aromatic heterocycles. The summed E-state index contributed by atoms with van der Waals surface area (Å²) in [6.07, 6.45) is 1.34. The van der Waals surface area contributed by atoms with Gasteiger partial charge in [-0.2, -0.15) is 0 Å². The number of esters is 1. The minimum absolute atomic E-state index is 0.152. The van der Waals surface area contributed by atoms with Crippen molar-refractivity contribution in [2.24, 2.45) is 0 Å². The third kappa shape index (κ3) is 2.97. The summed E-state index contributed by atoms with van der Waals surface area (Å²) in [6.45, 7) is 2.93. The number of imidazole rings is 1. The highest BCUT2D eigenvalue weighted by Crippen LogP contribution is 2.42. The van der Waals surface area contributed by atoms with Crippen LogP contribution < -0.4 is 15.2 Å². The number of H-pyrrole nitrogens is 2. The summed E-state index contributed by atoms with van der Waals surface area (Å²) in [5.74, 6) is 0.0988. The molecule has 0 atom stereocenters. The SMILES string of the molecule is CC(=O)Oc1cc(Cl)c(Oc2c[nH]c(=O)[nH]2)c(Cl)c1C. The molecule has 0 aliphatic rings. The standard InChI is InChI=1S/C12H10Cl2N2O4/c1-5-8(19-6(2)17)3-7(13)11(10(5)14)20-9-4-15-12(18)16-9/h3-4H,1-2H3,(H2,15,16,18). The molecule has 2 rings (SSSR count). The maximum absolute atomic E-state index is 11.0. The minimum Gasteiger partial charge on any atom is -0.436 e. The molecule has 2 aromatic rings. The number of hydrogen-bond acceptors (Lipinski definition) is 4. The third-order valence-electron chi connectivity index (χ3n) is 2.41. The highest BCUT2D eigenvalue weighted by molar-refractivity contribution is 6.38. The van der Waals surface area contributed by atoms with Gasteiger partial charge in [0.2, 0.25) is 5.88 Å². The van der Waals surface area contributed by atoms with Crippen LogP contribution >= 0.6 is 23.2 Å². The maximum atomic E-state index is 11.0. The summed E-state index contributed by atoms with van der Waals surface area (Å²) in [6, 6.07) is 1.42. The van der Waals surface area contributed by atoms with Crippen molar-refractivity contribution in [3.8, 4) is 17.4 Å². The van der Waals surface area contributed by atoms with Crippen LogP contribution in [0.25, 0.3) is 0 Å². The first-order valence-corrected chi connectivity index (χ1v) is 6.26. The molecule has 6 nitrogen and oxygen atoms in total. The van der Waals surface area contributed by atoms with Gasteiger partial charge in [0.05, 0.1) is 16.2 Å². The first-order valence-electron chi connectivity index (χ1n) is 5.51. The van der Waals surface area contributed by atoms with Crippen LogP contribution in [0, 0.1) is 6.92 Å². The Hall–Kier alpha value is -1.92. The van der Waals surface area contributed by atoms with Crippen molar-refractivity contribution >= 4 is 29.2 Å². The van der Waals surface area contributed by atoms with Gasteiger partial charge < -0.3 is 14.5 Å². The molecule has 0 aliphatic heterocycles. The molecule has 0 spiro atoms. The van der Waals surface area contributed by atoms with Crippen molar-refractivity contribution in [2.45, 2.75) is 13.8 Å². The molecule has 2 N–H and O–H groups in total. The predicted molar refractivity (Wildman–Crippen MR) is 74.0 cm³/mol. The predicted octanol–water partition coefficient (Wildman–Crippen LogP) is 3.04. The first-order chi connectivity index (χ1) is 9.38. The van der Waals surface area contributed by atoms with Gasteiger partial charge in [-0.15, -0.1) is 0 Å². The van der Waals surface area contributed by atoms with Gasteiger partial charge in [-0.3, -0.25) is 9.78 Å². The second-order valence-electron chi connectivity index (χ2n) is 3.93. The van der Waals surface area contributed by atoms with Crippen LogP contribution in [-0.4, -0.2) is 15.9 Å². The average Bonchev–Trinajstić information content (AvgIpc) is 2.76. The molecule has 0 bridgehead atoms. The van der Waals surface area contributed by atoms with Crippen LogP contribution in [0.3, 0.4) is 0 Å². The summed E-state index contributed by atoms with van der Waals surface area (Å²) in [5.41, 5.74) is 0.0830. The van der Waals surface area contributed by atoms with Crippen molar-refractivity contribution in [3.05, 3.63) is 38.4 Å². The summed E-state index contributed by atoms with van der Waals surface area (Å²) in [7, 11) is 0. The topological polar surface area (TPSA) is 84.2 Å². The Balaban J connectivity index is 2.42. The Bertz CT molecular complexity index is 721. The first kappa shape index (κ1) is 14.5. The molecule has 0 amide bonds. The number of benzene rings is 1. The van der Waals surface area contributed by atoms with Crippen LogP contribution in [0.15, 0.2) is 17.1 Å². The van der Waals surface area contributed by atoms with Crippen molar-refractivity contribution < 1.29 is 14.3 Å². The Labute approximate surface area is 123 Å². The second kappa shape index (κ2) is 5.60. The van der Waals surface area contributed by atoms with Crippen LogP contribution in [-0.2, 0) is 4.79 Å². The molecule has 0 aliphatic carbocycles. The molecule has 0 saturated carbocycles. The molecule has 0 fully saturated rings. The van der Waals surface area contributed by atoms with E-state index >= 15 is 0 Å². The Morgan fingerprint density at radius 2 is 2.05 bits per heavy atom. The summed E-state index contributed by atoms with van der Waals surface area (Å²) >= 11 is 12.2. The zero-order valence-electron chi connectivity index (χ0n) is 10.5. The van der Waals surface area contributed by atoms with E-state index in [-0.39, 0.29) is 27.4 Å². The average molecular weight is 317 g/mol. The highest BCUT2D eigenvalue weighted by atomic mass is 35.5. The van der Waals surface area contributed by atoms with Crippen molar-refractivity contribution in [1.82, 2.24) is 9.97 Å². The fraction of sp³-hybridized carbons (Fsp3) is 0.167. The smallest absolute Gasteiger partial charge is 0.325 e. The summed E-state index contributed by atoms with van der Waals surface area (Å²) < 4.78 is 10.4. The lowest BCUT2D eigenvalue weighted by atomic mass is 10.2. The van der Waals surface area contributed by atoms with E-state index in [1.54, 1.807) is 6.92 Å². The van der Waals surface area contributed by atoms with E-state index in [9.17, 15) is 9.59 Å². The zero-order valence-corrected chi connectivity index (χ0v) is 12.1. The number of carbonyl (C=O) groups is 1. The van der Waals surface area contributed by atoms with Crippen molar-refractivity contribution in [1.29, 1.82) is 0 Å². The number of aromatic nitrogens is 2. The fourth-order valence-electron chi connectivity index (χ4n) is 1.51. The summed E-state index contributed by atoms with van der Waals surface area (Å²) in [4.78, 5) is 26.8. The van der Waals surface area contributed by atoms with E-state index in [4.69, 9.17) is 32.7 Å². The second-order valence-corrected chi connectivity index (χ2v) is 4.71. The van der Waals surface area contributed by atoms with Gasteiger partial charge in [-0.05, 0) is 6.92 Å². The van der Waals surface area contributed by atoms with E-state index in [1.165, 1.54) is 19.2 Å². The molecule has 0 unspecified atom stereocenters. The molecule has 106 valence electrons. The Morgan fingerprint density at radius 1 is 1.35 bits per heavy atom. The van der Waals surface area contributed by atoms with E-state index < -0.39 is 11.7 Å². The highest BCUT2D eigenvalue weighted by Gasteiger charge is 2.17. The van der Waals surface area contributed by atoms with Gasteiger partial charge in [-0.1, -0.05) is 23.2 Å². The van der Waals surface area contributed by atoms with Crippen LogP contribution in [0.4, 0.5) is 0 Å². The molecule has 20 heavy (non-hydrogen) atoms. The normalized spacial score (nSPS) is 10.4. The number of aromatic amines is 2. The molecular formula is C12H10Cl2N2O4. The number of carbonyl (C=O) groups excluding carboxylic acids is 1. The number of hydrogen-bond donors (Lipinski definition) is 2. The zero-order chi connectivity index (χ0) is 14.9.